The van der Waals surface area contributed by atoms with Crippen LogP contribution in [0.25, 0.3) is 0 Å². The topological polar surface area (TPSA) is 24.1 Å². The van der Waals surface area contributed by atoms with E-state index in [1.54, 1.807) is 0 Å². The molecule has 1 atom stereocenters. The van der Waals surface area contributed by atoms with E-state index >= 15 is 0 Å². The Labute approximate surface area is 110 Å². The van der Waals surface area contributed by atoms with Crippen LogP contribution in [-0.4, -0.2) is 19.1 Å². The van der Waals surface area contributed by atoms with Crippen molar-refractivity contribution in [3.05, 3.63) is 27.2 Å². The summed E-state index contributed by atoms with van der Waals surface area (Å²) in [6, 6.07) is 4.62. The van der Waals surface area contributed by atoms with E-state index in [2.05, 4.69) is 26.6 Å². The monoisotopic (exact) mass is 302 g/mol. The Morgan fingerprint density at radius 2 is 2.38 bits per heavy atom. The maximum absolute atomic E-state index is 6.10. The van der Waals surface area contributed by atoms with Gasteiger partial charge >= 0.3 is 0 Å². The molecule has 0 saturated carbocycles. The highest BCUT2D eigenvalue weighted by molar-refractivity contribution is 9.10. The van der Waals surface area contributed by atoms with E-state index in [1.165, 1.54) is 12.8 Å². The lowest BCUT2D eigenvalue weighted by Crippen LogP contribution is -2.29. The first-order chi connectivity index (χ1) is 7.66. The van der Waals surface area contributed by atoms with Crippen LogP contribution < -0.4 is 10.6 Å². The van der Waals surface area contributed by atoms with Gasteiger partial charge in [-0.05, 0) is 59.9 Å². The second kappa shape index (κ2) is 5.39. The molecule has 1 fully saturated rings. The van der Waals surface area contributed by atoms with Crippen LogP contribution in [0.3, 0.4) is 0 Å². The van der Waals surface area contributed by atoms with Crippen LogP contribution in [0.1, 0.15) is 18.4 Å². The maximum Gasteiger partial charge on any atom is 0.0500 e. The van der Waals surface area contributed by atoms with Gasteiger partial charge in [-0.15, -0.1) is 0 Å². The number of benzene rings is 1. The molecule has 0 aliphatic carbocycles. The number of nitrogens with one attached hydrogen (secondary N) is 2. The highest BCUT2D eigenvalue weighted by atomic mass is 79.9. The van der Waals surface area contributed by atoms with Crippen molar-refractivity contribution in [3.63, 3.8) is 0 Å². The van der Waals surface area contributed by atoms with Crippen LogP contribution in [0.15, 0.2) is 16.6 Å². The zero-order chi connectivity index (χ0) is 11.5. The molecule has 1 unspecified atom stereocenters. The molecule has 1 aliphatic heterocycles. The third kappa shape index (κ3) is 2.90. The Balaban J connectivity index is 2.00. The van der Waals surface area contributed by atoms with E-state index in [0.29, 0.717) is 6.04 Å². The summed E-state index contributed by atoms with van der Waals surface area (Å²) in [5.41, 5.74) is 2.17. The van der Waals surface area contributed by atoms with Crippen LogP contribution in [0.5, 0.6) is 0 Å². The highest BCUT2D eigenvalue weighted by Crippen LogP contribution is 2.29. The van der Waals surface area contributed by atoms with Crippen molar-refractivity contribution in [2.24, 2.45) is 0 Å². The fourth-order valence-electron chi connectivity index (χ4n) is 1.95. The third-order valence-electron chi connectivity index (χ3n) is 2.95. The number of halogens is 2. The summed E-state index contributed by atoms with van der Waals surface area (Å²) in [6.45, 7) is 4.11. The minimum Gasteiger partial charge on any atom is -0.383 e. The van der Waals surface area contributed by atoms with Gasteiger partial charge in [0.15, 0.2) is 0 Å². The minimum atomic E-state index is 0.590. The van der Waals surface area contributed by atoms with Crippen LogP contribution >= 0.6 is 27.5 Å². The minimum absolute atomic E-state index is 0.590. The molecule has 2 rings (SSSR count). The fourth-order valence-corrected chi connectivity index (χ4v) is 2.71. The van der Waals surface area contributed by atoms with Crippen LogP contribution in [0.2, 0.25) is 5.02 Å². The van der Waals surface area contributed by atoms with E-state index in [0.717, 1.165) is 33.8 Å². The SMILES string of the molecule is Cc1cc(Br)c(NCC2CCCN2)cc1Cl. The Morgan fingerprint density at radius 3 is 3.06 bits per heavy atom. The summed E-state index contributed by atoms with van der Waals surface area (Å²) < 4.78 is 1.08. The highest BCUT2D eigenvalue weighted by Gasteiger charge is 2.14. The van der Waals surface area contributed by atoms with Gasteiger partial charge in [0.2, 0.25) is 0 Å². The molecule has 1 aromatic carbocycles. The van der Waals surface area contributed by atoms with Crippen molar-refractivity contribution < 1.29 is 0 Å². The normalized spacial score (nSPS) is 20.1. The summed E-state index contributed by atoms with van der Waals surface area (Å²) in [5.74, 6) is 0. The average Bonchev–Trinajstić information content (AvgIpc) is 2.74. The first-order valence-corrected chi connectivity index (χ1v) is 6.77. The fraction of sp³-hybridized carbons (Fsp3) is 0.500. The van der Waals surface area contributed by atoms with Gasteiger partial charge in [0, 0.05) is 27.8 Å². The van der Waals surface area contributed by atoms with Gasteiger partial charge in [0.25, 0.3) is 0 Å². The standard InChI is InChI=1S/C12H16BrClN2/c1-8-5-10(13)12(6-11(8)14)16-7-9-3-2-4-15-9/h5-6,9,15-16H,2-4,7H2,1H3. The Morgan fingerprint density at radius 1 is 1.56 bits per heavy atom. The summed E-state index contributed by atoms with van der Waals surface area (Å²) in [5, 5.41) is 7.70. The molecule has 2 nitrogen and oxygen atoms in total. The number of anilines is 1. The summed E-state index contributed by atoms with van der Waals surface area (Å²) >= 11 is 9.65. The van der Waals surface area contributed by atoms with Crippen LogP contribution in [-0.2, 0) is 0 Å². The number of hydrogen-bond acceptors (Lipinski definition) is 2. The molecule has 16 heavy (non-hydrogen) atoms. The molecule has 0 aromatic heterocycles. The number of aryl methyl sites for hydroxylation is 1. The van der Waals surface area contributed by atoms with Crippen LogP contribution in [0.4, 0.5) is 5.69 Å². The van der Waals surface area contributed by atoms with Gasteiger partial charge < -0.3 is 10.6 Å². The van der Waals surface area contributed by atoms with Gasteiger partial charge in [0.05, 0.1) is 0 Å². The molecule has 0 spiro atoms. The van der Waals surface area contributed by atoms with Crippen molar-refractivity contribution in [1.29, 1.82) is 0 Å². The largest absolute Gasteiger partial charge is 0.383 e. The Kier molecular flexibility index (Phi) is 4.11. The summed E-state index contributed by atoms with van der Waals surface area (Å²) in [4.78, 5) is 0. The first-order valence-electron chi connectivity index (χ1n) is 5.59. The number of rotatable bonds is 3. The molecule has 0 amide bonds. The van der Waals surface area contributed by atoms with E-state index in [1.807, 2.05) is 19.1 Å². The second-order valence-corrected chi connectivity index (χ2v) is 5.52. The van der Waals surface area contributed by atoms with Gasteiger partial charge in [-0.3, -0.25) is 0 Å². The molecule has 1 aliphatic rings. The zero-order valence-electron chi connectivity index (χ0n) is 9.32. The van der Waals surface area contributed by atoms with Gasteiger partial charge in [0.1, 0.15) is 0 Å². The lowest BCUT2D eigenvalue weighted by atomic mass is 10.2. The molecule has 4 heteroatoms. The van der Waals surface area contributed by atoms with E-state index in [9.17, 15) is 0 Å². The Bertz CT molecular complexity index is 376. The number of hydrogen-bond donors (Lipinski definition) is 2. The maximum atomic E-state index is 6.10. The van der Waals surface area contributed by atoms with Gasteiger partial charge in [-0.25, -0.2) is 0 Å². The average molecular weight is 304 g/mol. The molecule has 1 aromatic rings. The van der Waals surface area contributed by atoms with E-state index in [-0.39, 0.29) is 0 Å². The summed E-state index contributed by atoms with van der Waals surface area (Å²) in [6.07, 6.45) is 2.53. The lowest BCUT2D eigenvalue weighted by Gasteiger charge is -2.14. The van der Waals surface area contributed by atoms with Gasteiger partial charge in [-0.2, -0.15) is 0 Å². The van der Waals surface area contributed by atoms with Gasteiger partial charge in [-0.1, -0.05) is 11.6 Å². The Hall–Kier alpha value is -0.250. The smallest absolute Gasteiger partial charge is 0.0500 e. The van der Waals surface area contributed by atoms with Crippen molar-refractivity contribution in [3.8, 4) is 0 Å². The molecule has 0 radical (unpaired) electrons. The molecule has 88 valence electrons. The molecule has 1 saturated heterocycles. The van der Waals surface area contributed by atoms with E-state index < -0.39 is 0 Å². The lowest BCUT2D eigenvalue weighted by molar-refractivity contribution is 0.633. The zero-order valence-corrected chi connectivity index (χ0v) is 11.7. The van der Waals surface area contributed by atoms with Crippen molar-refractivity contribution in [2.75, 3.05) is 18.4 Å². The molecule has 2 N–H and O–H groups in total. The van der Waals surface area contributed by atoms with Crippen LogP contribution in [0, 0.1) is 6.92 Å². The molecular weight excluding hydrogens is 288 g/mol. The predicted molar refractivity (Wildman–Crippen MR) is 73.4 cm³/mol. The quantitative estimate of drug-likeness (QED) is 0.892. The summed E-state index contributed by atoms with van der Waals surface area (Å²) in [7, 11) is 0. The van der Waals surface area contributed by atoms with Crippen molar-refractivity contribution in [1.82, 2.24) is 5.32 Å². The second-order valence-electron chi connectivity index (χ2n) is 4.26. The molecule has 0 bridgehead atoms. The first kappa shape index (κ1) is 12.2. The molecule has 1 heterocycles. The predicted octanol–water partition coefficient (Wildman–Crippen LogP) is 3.57. The van der Waals surface area contributed by atoms with Crippen molar-refractivity contribution >= 4 is 33.2 Å². The molecular formula is C12H16BrClN2. The van der Waals surface area contributed by atoms with E-state index in [4.69, 9.17) is 11.6 Å². The van der Waals surface area contributed by atoms with Crippen molar-refractivity contribution in [2.45, 2.75) is 25.8 Å². The third-order valence-corrected chi connectivity index (χ3v) is 4.01.